The van der Waals surface area contributed by atoms with Crippen molar-refractivity contribution in [3.05, 3.63) is 78.4 Å². The summed E-state index contributed by atoms with van der Waals surface area (Å²) in [5.74, 6) is -0.203. The molecule has 0 saturated heterocycles. The van der Waals surface area contributed by atoms with Gasteiger partial charge in [0.05, 0.1) is 28.0 Å². The van der Waals surface area contributed by atoms with Crippen molar-refractivity contribution >= 4 is 33.9 Å². The molecular formula is C24H19F4N5O2S. The van der Waals surface area contributed by atoms with Gasteiger partial charge >= 0.3 is 12.2 Å². The quantitative estimate of drug-likeness (QED) is 0.225. The summed E-state index contributed by atoms with van der Waals surface area (Å²) in [4.78, 5) is 21.5. The Morgan fingerprint density at radius 2 is 1.78 bits per heavy atom. The number of nitrogens with zero attached hydrogens (tertiary/aromatic N) is 2. The number of hydrogen-bond acceptors (Lipinski definition) is 6. The molecule has 2 heterocycles. The number of thiazole rings is 1. The highest BCUT2D eigenvalue weighted by molar-refractivity contribution is 7.18. The van der Waals surface area contributed by atoms with Gasteiger partial charge in [0.25, 0.3) is 0 Å². The second-order valence-electron chi connectivity index (χ2n) is 7.34. The lowest BCUT2D eigenvalue weighted by atomic mass is 10.2. The highest BCUT2D eigenvalue weighted by Crippen LogP contribution is 2.32. The lowest BCUT2D eigenvalue weighted by molar-refractivity contribution is -0.137. The summed E-state index contributed by atoms with van der Waals surface area (Å²) in [6.45, 7) is 2.79. The number of rotatable bonds is 7. The first-order valence-corrected chi connectivity index (χ1v) is 11.4. The van der Waals surface area contributed by atoms with Crippen molar-refractivity contribution in [2.75, 3.05) is 22.5 Å². The number of halogens is 4. The summed E-state index contributed by atoms with van der Waals surface area (Å²) in [5, 5.41) is 8.45. The van der Waals surface area contributed by atoms with Gasteiger partial charge in [-0.3, -0.25) is 0 Å². The minimum absolute atomic E-state index is 0.226. The Kier molecular flexibility index (Phi) is 7.34. The maximum atomic E-state index is 13.8. The number of pyridine rings is 1. The Balaban J connectivity index is 1.35. The van der Waals surface area contributed by atoms with Crippen LogP contribution >= 0.6 is 11.3 Å². The lowest BCUT2D eigenvalue weighted by Crippen LogP contribution is -2.20. The van der Waals surface area contributed by atoms with Crippen molar-refractivity contribution < 1.29 is 27.1 Å². The summed E-state index contributed by atoms with van der Waals surface area (Å²) in [6.07, 6.45) is -1.58. The highest BCUT2D eigenvalue weighted by Gasteiger charge is 2.31. The smallest absolute Gasteiger partial charge is 0.416 e. The van der Waals surface area contributed by atoms with Crippen LogP contribution in [0.25, 0.3) is 10.4 Å². The molecule has 186 valence electrons. The summed E-state index contributed by atoms with van der Waals surface area (Å²) in [6, 6.07) is 11.2. The molecule has 0 aliphatic heterocycles. The van der Waals surface area contributed by atoms with Gasteiger partial charge in [-0.05, 0) is 61.0 Å². The molecule has 0 radical (unpaired) electrons. The maximum Gasteiger partial charge on any atom is 0.416 e. The fourth-order valence-corrected chi connectivity index (χ4v) is 3.93. The SMILES string of the molecule is CCNc1ncc(-c2ccc(Oc3ccc(NC(=O)Nc4cc(C(F)(F)F)ccc4F)cn3)cc2)s1. The van der Waals surface area contributed by atoms with Crippen LogP contribution in [0.15, 0.2) is 67.0 Å². The number of aromatic nitrogens is 2. The van der Waals surface area contributed by atoms with Gasteiger partial charge in [0.15, 0.2) is 5.13 Å². The third-order valence-corrected chi connectivity index (χ3v) is 5.74. The Morgan fingerprint density at radius 1 is 1.00 bits per heavy atom. The Labute approximate surface area is 207 Å². The summed E-state index contributed by atoms with van der Waals surface area (Å²) in [5.41, 5.74) is -0.473. The van der Waals surface area contributed by atoms with Crippen molar-refractivity contribution in [3.8, 4) is 22.1 Å². The molecule has 0 unspecified atom stereocenters. The van der Waals surface area contributed by atoms with Crippen LogP contribution in [-0.2, 0) is 6.18 Å². The van der Waals surface area contributed by atoms with Crippen LogP contribution < -0.4 is 20.7 Å². The minimum Gasteiger partial charge on any atom is -0.439 e. The number of anilines is 3. The molecule has 4 aromatic rings. The highest BCUT2D eigenvalue weighted by atomic mass is 32.1. The lowest BCUT2D eigenvalue weighted by Gasteiger charge is -2.12. The van der Waals surface area contributed by atoms with Gasteiger partial charge in [0.1, 0.15) is 11.6 Å². The number of benzene rings is 2. The van der Waals surface area contributed by atoms with Gasteiger partial charge in [-0.25, -0.2) is 19.2 Å². The van der Waals surface area contributed by atoms with E-state index in [0.29, 0.717) is 23.9 Å². The topological polar surface area (TPSA) is 88.2 Å². The van der Waals surface area contributed by atoms with E-state index in [2.05, 4.69) is 25.9 Å². The average Bonchev–Trinajstić information content (AvgIpc) is 3.30. The molecule has 12 heteroatoms. The molecule has 4 rings (SSSR count). The first-order chi connectivity index (χ1) is 17.2. The normalized spacial score (nSPS) is 11.1. The predicted octanol–water partition coefficient (Wildman–Crippen LogP) is 7.23. The average molecular weight is 518 g/mol. The standard InChI is InChI=1S/C24H19F4N5O2S/c1-2-29-23-31-13-20(36-23)14-3-7-17(8-4-14)35-21-10-6-16(12-30-21)32-22(34)33-19-11-15(24(26,27)28)5-9-18(19)25/h3-13H,2H2,1H3,(H,29,31)(H2,32,33,34). The monoisotopic (exact) mass is 517 g/mol. The van der Waals surface area contributed by atoms with E-state index in [0.717, 1.165) is 22.1 Å². The van der Waals surface area contributed by atoms with E-state index >= 15 is 0 Å². The van der Waals surface area contributed by atoms with E-state index in [4.69, 9.17) is 4.74 Å². The van der Waals surface area contributed by atoms with E-state index in [1.165, 1.54) is 18.3 Å². The first-order valence-electron chi connectivity index (χ1n) is 10.6. The molecule has 7 nitrogen and oxygen atoms in total. The zero-order chi connectivity index (χ0) is 25.7. The van der Waals surface area contributed by atoms with Crippen LogP contribution in [-0.4, -0.2) is 22.5 Å². The molecule has 2 aromatic heterocycles. The second-order valence-corrected chi connectivity index (χ2v) is 8.37. The Bertz CT molecular complexity index is 1340. The van der Waals surface area contributed by atoms with Crippen molar-refractivity contribution in [2.45, 2.75) is 13.1 Å². The fourth-order valence-electron chi connectivity index (χ4n) is 3.05. The van der Waals surface area contributed by atoms with Gasteiger partial charge in [0.2, 0.25) is 5.88 Å². The Morgan fingerprint density at radius 3 is 2.44 bits per heavy atom. The molecule has 0 aliphatic rings. The van der Waals surface area contributed by atoms with Gasteiger partial charge in [-0.1, -0.05) is 11.3 Å². The van der Waals surface area contributed by atoms with Crippen LogP contribution in [0.1, 0.15) is 12.5 Å². The third-order valence-electron chi connectivity index (χ3n) is 4.73. The molecule has 2 aromatic carbocycles. The van der Waals surface area contributed by atoms with Crippen LogP contribution in [0.3, 0.4) is 0 Å². The number of alkyl halides is 3. The molecule has 0 fully saturated rings. The largest absolute Gasteiger partial charge is 0.439 e. The van der Waals surface area contributed by atoms with Crippen molar-refractivity contribution in [2.24, 2.45) is 0 Å². The summed E-state index contributed by atoms with van der Waals surface area (Å²) >= 11 is 1.54. The molecule has 0 spiro atoms. The zero-order valence-electron chi connectivity index (χ0n) is 18.7. The number of urea groups is 1. The number of ether oxygens (including phenoxy) is 1. The first kappa shape index (κ1) is 24.9. The number of carbonyl (C=O) groups excluding carboxylic acids is 1. The van der Waals surface area contributed by atoms with Crippen molar-refractivity contribution in [3.63, 3.8) is 0 Å². The zero-order valence-corrected chi connectivity index (χ0v) is 19.5. The van der Waals surface area contributed by atoms with E-state index in [9.17, 15) is 22.4 Å². The number of amides is 2. The van der Waals surface area contributed by atoms with Crippen LogP contribution in [0.4, 0.5) is 38.9 Å². The van der Waals surface area contributed by atoms with Crippen LogP contribution in [0, 0.1) is 5.82 Å². The number of hydrogen-bond donors (Lipinski definition) is 3. The van der Waals surface area contributed by atoms with Crippen molar-refractivity contribution in [1.82, 2.24) is 9.97 Å². The molecule has 2 amide bonds. The van der Waals surface area contributed by atoms with E-state index < -0.39 is 29.3 Å². The van der Waals surface area contributed by atoms with E-state index in [1.54, 1.807) is 29.7 Å². The molecule has 0 aliphatic carbocycles. The van der Waals surface area contributed by atoms with E-state index in [-0.39, 0.29) is 11.6 Å². The molecule has 0 atom stereocenters. The molecule has 0 bridgehead atoms. The van der Waals surface area contributed by atoms with Crippen LogP contribution in [0.2, 0.25) is 0 Å². The maximum absolute atomic E-state index is 13.8. The van der Waals surface area contributed by atoms with Gasteiger partial charge in [0, 0.05) is 18.8 Å². The molecule has 36 heavy (non-hydrogen) atoms. The molecular weight excluding hydrogens is 498 g/mol. The van der Waals surface area contributed by atoms with E-state index in [1.807, 2.05) is 19.1 Å². The Hall–Kier alpha value is -4.19. The van der Waals surface area contributed by atoms with Gasteiger partial charge in [-0.15, -0.1) is 0 Å². The number of nitrogens with one attached hydrogen (secondary N) is 3. The predicted molar refractivity (Wildman–Crippen MR) is 130 cm³/mol. The van der Waals surface area contributed by atoms with Gasteiger partial charge < -0.3 is 20.7 Å². The van der Waals surface area contributed by atoms with Gasteiger partial charge in [-0.2, -0.15) is 13.2 Å². The molecule has 3 N–H and O–H groups in total. The second kappa shape index (κ2) is 10.6. The number of carbonyl (C=O) groups is 1. The van der Waals surface area contributed by atoms with Crippen LogP contribution in [0.5, 0.6) is 11.6 Å². The summed E-state index contributed by atoms with van der Waals surface area (Å²) in [7, 11) is 0. The third kappa shape index (κ3) is 6.27. The fraction of sp³-hybridized carbons (Fsp3) is 0.125. The van der Waals surface area contributed by atoms with Crippen molar-refractivity contribution in [1.29, 1.82) is 0 Å². The minimum atomic E-state index is -4.67. The molecule has 0 saturated carbocycles. The summed E-state index contributed by atoms with van der Waals surface area (Å²) < 4.78 is 58.0.